The Morgan fingerprint density at radius 2 is 1.80 bits per heavy atom. The van der Waals surface area contributed by atoms with Crippen molar-refractivity contribution >= 4 is 28.7 Å². The molecule has 2 aliphatic heterocycles. The molecule has 0 N–H and O–H groups in total. The van der Waals surface area contributed by atoms with Gasteiger partial charge in [-0.1, -0.05) is 6.92 Å². The molecule has 2 fully saturated rings. The van der Waals surface area contributed by atoms with Gasteiger partial charge in [0.15, 0.2) is 0 Å². The van der Waals surface area contributed by atoms with Crippen molar-refractivity contribution < 1.29 is 14.4 Å². The number of fused-ring (bicyclic) bond motifs is 1. The van der Waals surface area contributed by atoms with Crippen LogP contribution in [0.15, 0.2) is 0 Å². The molecule has 5 heteroatoms. The lowest BCUT2D eigenvalue weighted by Gasteiger charge is -2.34. The summed E-state index contributed by atoms with van der Waals surface area (Å²) in [7, 11) is 0. The lowest BCUT2D eigenvalue weighted by molar-refractivity contribution is -0.144. The third-order valence-electron chi connectivity index (χ3n) is 3.63. The summed E-state index contributed by atoms with van der Waals surface area (Å²) in [5.74, 6) is -0.790. The van der Waals surface area contributed by atoms with E-state index in [4.69, 9.17) is 11.6 Å². The summed E-state index contributed by atoms with van der Waals surface area (Å²) in [6.07, 6.45) is 1.83. The monoisotopic (exact) mass is 229 g/mol. The van der Waals surface area contributed by atoms with Crippen molar-refractivity contribution in [3.8, 4) is 0 Å². The molecule has 0 aromatic heterocycles. The smallest absolute Gasteiger partial charge is 0.229 e. The third kappa shape index (κ3) is 1.31. The molecular formula is C10H12ClNO3. The Hall–Kier alpha value is -0.900. The average Bonchev–Trinajstić information content (AvgIpc) is 2.68. The minimum absolute atomic E-state index is 0.165. The number of rotatable bonds is 2. The average molecular weight is 230 g/mol. The topological polar surface area (TPSA) is 54.5 Å². The van der Waals surface area contributed by atoms with Gasteiger partial charge >= 0.3 is 0 Å². The Bertz CT molecular complexity index is 333. The van der Waals surface area contributed by atoms with Gasteiger partial charge in [-0.2, -0.15) is 0 Å². The number of halogens is 1. The highest BCUT2D eigenvalue weighted by molar-refractivity contribution is 6.64. The summed E-state index contributed by atoms with van der Waals surface area (Å²) in [5, 5.41) is -0.468. The zero-order valence-corrected chi connectivity index (χ0v) is 9.21. The summed E-state index contributed by atoms with van der Waals surface area (Å²) < 4.78 is 0. The number of hydrogen-bond acceptors (Lipinski definition) is 3. The summed E-state index contributed by atoms with van der Waals surface area (Å²) in [4.78, 5) is 35.6. The Balaban J connectivity index is 2.38. The first kappa shape index (κ1) is 10.6. The van der Waals surface area contributed by atoms with Crippen LogP contribution in [0.5, 0.6) is 0 Å². The molecule has 2 amide bonds. The Labute approximate surface area is 92.6 Å². The maximum Gasteiger partial charge on any atom is 0.229 e. The summed E-state index contributed by atoms with van der Waals surface area (Å²) in [5.41, 5.74) is -0.618. The molecule has 1 atom stereocenters. The molecule has 82 valence electrons. The molecule has 2 aliphatic rings. The van der Waals surface area contributed by atoms with E-state index in [0.29, 0.717) is 25.7 Å². The molecular weight excluding hydrogens is 218 g/mol. The van der Waals surface area contributed by atoms with Gasteiger partial charge in [-0.15, -0.1) is 0 Å². The van der Waals surface area contributed by atoms with Crippen LogP contribution in [0, 0.1) is 5.92 Å². The van der Waals surface area contributed by atoms with Crippen LogP contribution in [0.3, 0.4) is 0 Å². The molecule has 15 heavy (non-hydrogen) atoms. The van der Waals surface area contributed by atoms with E-state index in [1.54, 1.807) is 6.92 Å². The van der Waals surface area contributed by atoms with Gasteiger partial charge in [0.05, 0.1) is 11.5 Å². The third-order valence-corrected chi connectivity index (χ3v) is 3.96. The van der Waals surface area contributed by atoms with Gasteiger partial charge < -0.3 is 0 Å². The van der Waals surface area contributed by atoms with Crippen molar-refractivity contribution in [2.24, 2.45) is 5.92 Å². The largest absolute Gasteiger partial charge is 0.281 e. The van der Waals surface area contributed by atoms with E-state index in [1.165, 1.54) is 4.90 Å². The first-order chi connectivity index (χ1) is 6.99. The lowest BCUT2D eigenvalue weighted by Crippen LogP contribution is -2.49. The van der Waals surface area contributed by atoms with Gasteiger partial charge in [0.1, 0.15) is 0 Å². The molecule has 0 bridgehead atoms. The van der Waals surface area contributed by atoms with Gasteiger partial charge in [-0.3, -0.25) is 19.3 Å². The maximum atomic E-state index is 11.5. The number of imide groups is 1. The van der Waals surface area contributed by atoms with E-state index < -0.39 is 16.7 Å². The molecule has 0 spiro atoms. The van der Waals surface area contributed by atoms with Gasteiger partial charge in [0, 0.05) is 12.8 Å². The molecule has 0 aromatic carbocycles. The molecule has 0 aromatic rings. The number of carbonyl (C=O) groups excluding carboxylic acids is 3. The first-order valence-electron chi connectivity index (χ1n) is 5.04. The summed E-state index contributed by atoms with van der Waals surface area (Å²) in [6, 6.07) is 0. The minimum atomic E-state index is -0.618. The maximum absolute atomic E-state index is 11.5. The van der Waals surface area contributed by atoms with Crippen molar-refractivity contribution in [1.82, 2.24) is 4.90 Å². The van der Waals surface area contributed by atoms with Crippen molar-refractivity contribution in [3.05, 3.63) is 0 Å². The van der Waals surface area contributed by atoms with Crippen LogP contribution in [-0.2, 0) is 14.4 Å². The number of nitrogens with zero attached hydrogens (tertiary/aromatic N) is 1. The second kappa shape index (κ2) is 3.30. The zero-order valence-electron chi connectivity index (χ0n) is 8.46. The first-order valence-corrected chi connectivity index (χ1v) is 5.42. The zero-order chi connectivity index (χ0) is 11.2. The predicted molar refractivity (Wildman–Crippen MR) is 53.1 cm³/mol. The quantitative estimate of drug-likeness (QED) is 0.526. The van der Waals surface area contributed by atoms with E-state index in [-0.39, 0.29) is 11.8 Å². The lowest BCUT2D eigenvalue weighted by atomic mass is 9.82. The highest BCUT2D eigenvalue weighted by atomic mass is 35.5. The summed E-state index contributed by atoms with van der Waals surface area (Å²) in [6.45, 7) is 1.69. The van der Waals surface area contributed by atoms with Gasteiger partial charge in [0.2, 0.25) is 17.1 Å². The second-order valence-electron chi connectivity index (χ2n) is 4.25. The number of amides is 2. The summed E-state index contributed by atoms with van der Waals surface area (Å²) >= 11 is 5.48. The van der Waals surface area contributed by atoms with Crippen molar-refractivity contribution in [3.63, 3.8) is 0 Å². The van der Waals surface area contributed by atoms with Crippen LogP contribution in [-0.4, -0.2) is 27.5 Å². The van der Waals surface area contributed by atoms with E-state index in [9.17, 15) is 14.4 Å². The van der Waals surface area contributed by atoms with Crippen LogP contribution in [0.4, 0.5) is 0 Å². The molecule has 0 aliphatic carbocycles. The molecule has 2 rings (SSSR count). The minimum Gasteiger partial charge on any atom is -0.281 e. The molecule has 0 saturated carbocycles. The predicted octanol–water partition coefficient (Wildman–Crippen LogP) is 1.07. The van der Waals surface area contributed by atoms with Gasteiger partial charge in [-0.05, 0) is 24.4 Å². The Kier molecular flexibility index (Phi) is 2.34. The number of hydrogen-bond donors (Lipinski definition) is 0. The number of carbonyl (C=O) groups is 3. The highest BCUT2D eigenvalue weighted by Gasteiger charge is 2.57. The van der Waals surface area contributed by atoms with E-state index in [1.807, 2.05) is 0 Å². The van der Waals surface area contributed by atoms with E-state index in [0.717, 1.165) is 0 Å². The van der Waals surface area contributed by atoms with Crippen molar-refractivity contribution in [1.29, 1.82) is 0 Å². The SMILES string of the molecule is CC(C(=O)Cl)C12CCC(=O)N1C(=O)CC2. The Morgan fingerprint density at radius 1 is 1.33 bits per heavy atom. The van der Waals surface area contributed by atoms with Crippen molar-refractivity contribution in [2.45, 2.75) is 38.1 Å². The van der Waals surface area contributed by atoms with Gasteiger partial charge in [-0.25, -0.2) is 0 Å². The van der Waals surface area contributed by atoms with Crippen LogP contribution < -0.4 is 0 Å². The fourth-order valence-electron chi connectivity index (χ4n) is 2.69. The van der Waals surface area contributed by atoms with Crippen LogP contribution in [0.25, 0.3) is 0 Å². The standard InChI is InChI=1S/C10H12ClNO3/c1-6(9(11)15)10-4-2-7(13)12(10)8(14)3-5-10/h6H,2-5H2,1H3. The highest BCUT2D eigenvalue weighted by Crippen LogP contribution is 2.45. The van der Waals surface area contributed by atoms with Crippen LogP contribution in [0.1, 0.15) is 32.6 Å². The van der Waals surface area contributed by atoms with E-state index in [2.05, 4.69) is 0 Å². The van der Waals surface area contributed by atoms with Crippen molar-refractivity contribution in [2.75, 3.05) is 0 Å². The second-order valence-corrected chi connectivity index (χ2v) is 4.62. The molecule has 1 unspecified atom stereocenters. The van der Waals surface area contributed by atoms with Crippen LogP contribution >= 0.6 is 11.6 Å². The molecule has 0 radical (unpaired) electrons. The Morgan fingerprint density at radius 3 is 2.20 bits per heavy atom. The molecule has 4 nitrogen and oxygen atoms in total. The normalized spacial score (nSPS) is 25.6. The van der Waals surface area contributed by atoms with E-state index >= 15 is 0 Å². The fourth-order valence-corrected chi connectivity index (χ4v) is 2.90. The molecule has 2 saturated heterocycles. The van der Waals surface area contributed by atoms with Crippen LogP contribution in [0.2, 0.25) is 0 Å². The fraction of sp³-hybridized carbons (Fsp3) is 0.700. The molecule has 2 heterocycles. The van der Waals surface area contributed by atoms with Gasteiger partial charge in [0.25, 0.3) is 0 Å².